The lowest BCUT2D eigenvalue weighted by Gasteiger charge is -2.20. The van der Waals surface area contributed by atoms with Crippen LogP contribution in [0.25, 0.3) is 0 Å². The summed E-state index contributed by atoms with van der Waals surface area (Å²) in [6.45, 7) is 4.78. The summed E-state index contributed by atoms with van der Waals surface area (Å²) in [6, 6.07) is 10.7. The van der Waals surface area contributed by atoms with Gasteiger partial charge in [0.05, 0.1) is 6.04 Å². The minimum Gasteiger partial charge on any atom is -0.306 e. The first-order valence-electron chi connectivity index (χ1n) is 6.47. The molecular weight excluding hydrogens is 341 g/mol. The molecule has 0 amide bonds. The smallest absolute Gasteiger partial charge is 0.129 e. The Morgan fingerprint density at radius 1 is 1.25 bits per heavy atom. The van der Waals surface area contributed by atoms with Gasteiger partial charge in [0, 0.05) is 15.1 Å². The van der Waals surface area contributed by atoms with Crippen molar-refractivity contribution in [3.63, 3.8) is 0 Å². The Morgan fingerprint density at radius 3 is 2.60 bits per heavy atom. The van der Waals surface area contributed by atoms with Crippen LogP contribution >= 0.6 is 27.5 Å². The van der Waals surface area contributed by atoms with Gasteiger partial charge in [-0.05, 0) is 42.8 Å². The Bertz CT molecular complexity index is 615. The molecule has 1 N–H and O–H groups in total. The highest BCUT2D eigenvalue weighted by atomic mass is 79.9. The standard InChI is InChI=1S/C16H16BrClFN/c1-3-20-16(11-4-7-14(17)10(2)8-11)13-6-5-12(18)9-15(13)19/h4-9,16,20H,3H2,1-2H3. The van der Waals surface area contributed by atoms with Crippen LogP contribution < -0.4 is 5.32 Å². The van der Waals surface area contributed by atoms with Gasteiger partial charge in [0.1, 0.15) is 5.82 Å². The molecule has 20 heavy (non-hydrogen) atoms. The highest BCUT2D eigenvalue weighted by molar-refractivity contribution is 9.10. The molecule has 1 unspecified atom stereocenters. The molecule has 0 aliphatic rings. The summed E-state index contributed by atoms with van der Waals surface area (Å²) in [5, 5.41) is 3.73. The van der Waals surface area contributed by atoms with Gasteiger partial charge in [0.25, 0.3) is 0 Å². The molecule has 0 aromatic heterocycles. The number of nitrogens with one attached hydrogen (secondary N) is 1. The van der Waals surface area contributed by atoms with Crippen molar-refractivity contribution in [3.05, 3.63) is 68.4 Å². The van der Waals surface area contributed by atoms with E-state index in [1.807, 2.05) is 26.0 Å². The monoisotopic (exact) mass is 355 g/mol. The predicted molar refractivity (Wildman–Crippen MR) is 85.8 cm³/mol. The summed E-state index contributed by atoms with van der Waals surface area (Å²) >= 11 is 9.31. The van der Waals surface area contributed by atoms with Crippen molar-refractivity contribution >= 4 is 27.5 Å². The van der Waals surface area contributed by atoms with E-state index in [4.69, 9.17) is 11.6 Å². The molecule has 4 heteroatoms. The first-order chi connectivity index (χ1) is 9.52. The van der Waals surface area contributed by atoms with Crippen LogP contribution in [0.2, 0.25) is 5.02 Å². The summed E-state index contributed by atoms with van der Waals surface area (Å²) in [5.74, 6) is -0.288. The van der Waals surface area contributed by atoms with E-state index in [1.54, 1.807) is 12.1 Å². The molecule has 0 saturated heterocycles. The third-order valence-electron chi connectivity index (χ3n) is 3.20. The van der Waals surface area contributed by atoms with Crippen molar-refractivity contribution in [3.8, 4) is 0 Å². The fraction of sp³-hybridized carbons (Fsp3) is 0.250. The van der Waals surface area contributed by atoms with Crippen LogP contribution in [0.4, 0.5) is 4.39 Å². The van der Waals surface area contributed by atoms with Crippen molar-refractivity contribution in [2.24, 2.45) is 0 Å². The molecule has 0 aliphatic carbocycles. The van der Waals surface area contributed by atoms with Crippen LogP contribution in [-0.4, -0.2) is 6.54 Å². The van der Waals surface area contributed by atoms with E-state index in [9.17, 15) is 4.39 Å². The minimum absolute atomic E-state index is 0.177. The fourth-order valence-corrected chi connectivity index (χ4v) is 2.60. The maximum Gasteiger partial charge on any atom is 0.129 e. The Kier molecular flexibility index (Phi) is 5.19. The van der Waals surface area contributed by atoms with Crippen molar-refractivity contribution in [1.29, 1.82) is 0 Å². The second kappa shape index (κ2) is 6.70. The minimum atomic E-state index is -0.288. The number of hydrogen-bond donors (Lipinski definition) is 1. The van der Waals surface area contributed by atoms with Gasteiger partial charge in [-0.1, -0.05) is 52.7 Å². The molecule has 2 rings (SSSR count). The molecule has 2 aromatic carbocycles. The molecule has 106 valence electrons. The van der Waals surface area contributed by atoms with Gasteiger partial charge in [0.15, 0.2) is 0 Å². The fourth-order valence-electron chi connectivity index (χ4n) is 2.19. The normalized spacial score (nSPS) is 12.4. The second-order valence-electron chi connectivity index (χ2n) is 4.67. The van der Waals surface area contributed by atoms with E-state index >= 15 is 0 Å². The lowest BCUT2D eigenvalue weighted by molar-refractivity contribution is 0.559. The molecule has 0 bridgehead atoms. The molecule has 0 fully saturated rings. The second-order valence-corrected chi connectivity index (χ2v) is 5.96. The number of halogens is 3. The molecule has 0 spiro atoms. The molecule has 1 nitrogen and oxygen atoms in total. The maximum atomic E-state index is 14.2. The van der Waals surface area contributed by atoms with Crippen LogP contribution in [0.1, 0.15) is 29.7 Å². The summed E-state index contributed by atoms with van der Waals surface area (Å²) in [4.78, 5) is 0. The lowest BCUT2D eigenvalue weighted by atomic mass is 9.97. The van der Waals surface area contributed by atoms with Crippen molar-refractivity contribution in [1.82, 2.24) is 5.32 Å². The zero-order chi connectivity index (χ0) is 14.7. The number of aryl methyl sites for hydroxylation is 1. The van der Waals surface area contributed by atoms with E-state index in [0.29, 0.717) is 10.6 Å². The zero-order valence-electron chi connectivity index (χ0n) is 11.4. The van der Waals surface area contributed by atoms with E-state index in [2.05, 4.69) is 27.3 Å². The van der Waals surface area contributed by atoms with Crippen LogP contribution in [0.15, 0.2) is 40.9 Å². The van der Waals surface area contributed by atoms with Crippen LogP contribution in [-0.2, 0) is 0 Å². The van der Waals surface area contributed by atoms with E-state index < -0.39 is 0 Å². The average Bonchev–Trinajstić information content (AvgIpc) is 2.40. The van der Waals surface area contributed by atoms with Crippen LogP contribution in [0.3, 0.4) is 0 Å². The third kappa shape index (κ3) is 3.40. The highest BCUT2D eigenvalue weighted by Crippen LogP contribution is 2.28. The number of hydrogen-bond acceptors (Lipinski definition) is 1. The van der Waals surface area contributed by atoms with Gasteiger partial charge >= 0.3 is 0 Å². The van der Waals surface area contributed by atoms with Crippen molar-refractivity contribution in [2.45, 2.75) is 19.9 Å². The Labute approximate surface area is 132 Å². The first-order valence-corrected chi connectivity index (χ1v) is 7.64. The van der Waals surface area contributed by atoms with Crippen LogP contribution in [0.5, 0.6) is 0 Å². The van der Waals surface area contributed by atoms with E-state index in [-0.39, 0.29) is 11.9 Å². The van der Waals surface area contributed by atoms with Gasteiger partial charge < -0.3 is 5.32 Å². The van der Waals surface area contributed by atoms with Gasteiger partial charge in [-0.2, -0.15) is 0 Å². The number of rotatable bonds is 4. The van der Waals surface area contributed by atoms with Gasteiger partial charge in [0.2, 0.25) is 0 Å². The first kappa shape index (κ1) is 15.5. The van der Waals surface area contributed by atoms with Gasteiger partial charge in [-0.25, -0.2) is 4.39 Å². The lowest BCUT2D eigenvalue weighted by Crippen LogP contribution is -2.23. The van der Waals surface area contributed by atoms with E-state index in [0.717, 1.165) is 22.1 Å². The summed E-state index contributed by atoms with van der Waals surface area (Å²) in [5.41, 5.74) is 2.77. The zero-order valence-corrected chi connectivity index (χ0v) is 13.7. The van der Waals surface area contributed by atoms with Gasteiger partial charge in [-0.3, -0.25) is 0 Å². The number of benzene rings is 2. The summed E-state index contributed by atoms with van der Waals surface area (Å²) in [6.07, 6.45) is 0. The molecule has 0 heterocycles. The highest BCUT2D eigenvalue weighted by Gasteiger charge is 2.17. The molecular formula is C16H16BrClFN. The van der Waals surface area contributed by atoms with Gasteiger partial charge in [-0.15, -0.1) is 0 Å². The average molecular weight is 357 g/mol. The van der Waals surface area contributed by atoms with Crippen LogP contribution in [0, 0.1) is 12.7 Å². The predicted octanol–water partition coefficient (Wildman–Crippen LogP) is 5.25. The summed E-state index contributed by atoms with van der Waals surface area (Å²) < 4.78 is 15.2. The topological polar surface area (TPSA) is 12.0 Å². The maximum absolute atomic E-state index is 14.2. The van der Waals surface area contributed by atoms with Crippen molar-refractivity contribution < 1.29 is 4.39 Å². The Balaban J connectivity index is 2.47. The molecule has 2 aromatic rings. The molecule has 0 saturated carbocycles. The SMILES string of the molecule is CCNC(c1ccc(Br)c(C)c1)c1ccc(Cl)cc1F. The molecule has 0 aliphatic heterocycles. The quantitative estimate of drug-likeness (QED) is 0.789. The Hall–Kier alpha value is -0.900. The Morgan fingerprint density at radius 2 is 2.00 bits per heavy atom. The molecule has 0 radical (unpaired) electrons. The van der Waals surface area contributed by atoms with E-state index in [1.165, 1.54) is 6.07 Å². The van der Waals surface area contributed by atoms with Crippen molar-refractivity contribution in [2.75, 3.05) is 6.54 Å². The summed E-state index contributed by atoms with van der Waals surface area (Å²) in [7, 11) is 0. The molecule has 1 atom stereocenters. The largest absolute Gasteiger partial charge is 0.306 e. The third-order valence-corrected chi connectivity index (χ3v) is 4.32.